The molecule has 0 aromatic carbocycles. The van der Waals surface area contributed by atoms with Crippen LogP contribution < -0.4 is 5.73 Å². The van der Waals surface area contributed by atoms with Crippen LogP contribution in [0.2, 0.25) is 0 Å². The number of hydrogen-bond acceptors (Lipinski definition) is 3. The van der Waals surface area contributed by atoms with Gasteiger partial charge in [0.1, 0.15) is 5.76 Å². The van der Waals surface area contributed by atoms with Crippen LogP contribution in [-0.2, 0) is 9.47 Å². The molecule has 0 aromatic heterocycles. The van der Waals surface area contributed by atoms with E-state index in [1.54, 1.807) is 19.3 Å². The number of rotatable bonds is 1. The lowest BCUT2D eigenvalue weighted by atomic mass is 10.3. The largest absolute Gasteiger partial charge is 0.497 e. The highest BCUT2D eigenvalue weighted by atomic mass is 16.5. The van der Waals surface area contributed by atoms with Gasteiger partial charge in [0.25, 0.3) is 0 Å². The van der Waals surface area contributed by atoms with E-state index in [0.29, 0.717) is 0 Å². The fourth-order valence-corrected chi connectivity index (χ4v) is 0.590. The van der Waals surface area contributed by atoms with Gasteiger partial charge in [0.15, 0.2) is 6.23 Å². The average Bonchev–Trinajstić information content (AvgIpc) is 1.88. The van der Waals surface area contributed by atoms with Crippen LogP contribution in [0.4, 0.5) is 0 Å². The van der Waals surface area contributed by atoms with Crippen LogP contribution in [0.15, 0.2) is 24.2 Å². The first-order chi connectivity index (χ1) is 4.33. The van der Waals surface area contributed by atoms with E-state index < -0.39 is 0 Å². The number of ether oxygens (including phenoxy) is 2. The Morgan fingerprint density at radius 2 is 2.56 bits per heavy atom. The van der Waals surface area contributed by atoms with Crippen molar-refractivity contribution in [3.8, 4) is 0 Å². The summed E-state index contributed by atoms with van der Waals surface area (Å²) in [5.41, 5.74) is 5.37. The van der Waals surface area contributed by atoms with E-state index in [0.717, 1.165) is 5.76 Å². The first kappa shape index (κ1) is 6.16. The third-order valence-corrected chi connectivity index (χ3v) is 1.03. The zero-order valence-corrected chi connectivity index (χ0v) is 5.20. The van der Waals surface area contributed by atoms with E-state index in [1.807, 2.05) is 0 Å². The first-order valence-corrected chi connectivity index (χ1v) is 2.66. The van der Waals surface area contributed by atoms with Gasteiger partial charge in [0.05, 0.1) is 13.4 Å². The summed E-state index contributed by atoms with van der Waals surface area (Å²) in [4.78, 5) is 0. The Kier molecular flexibility index (Phi) is 1.75. The van der Waals surface area contributed by atoms with Crippen LogP contribution in [0.5, 0.6) is 0 Å². The molecule has 0 bridgehead atoms. The van der Waals surface area contributed by atoms with Crippen molar-refractivity contribution in [2.45, 2.75) is 6.23 Å². The lowest BCUT2D eigenvalue weighted by Gasteiger charge is -2.12. The van der Waals surface area contributed by atoms with Gasteiger partial charge in [0, 0.05) is 12.2 Å². The summed E-state index contributed by atoms with van der Waals surface area (Å²) >= 11 is 0. The molecule has 0 radical (unpaired) electrons. The highest BCUT2D eigenvalue weighted by molar-refractivity contribution is 5.14. The summed E-state index contributed by atoms with van der Waals surface area (Å²) in [7, 11) is 1.59. The summed E-state index contributed by atoms with van der Waals surface area (Å²) in [5.74, 6) is 0.744. The minimum Gasteiger partial charge on any atom is -0.497 e. The second kappa shape index (κ2) is 2.55. The van der Waals surface area contributed by atoms with Crippen LogP contribution in [0.25, 0.3) is 0 Å². The lowest BCUT2D eigenvalue weighted by Crippen LogP contribution is -2.21. The van der Waals surface area contributed by atoms with Crippen LogP contribution >= 0.6 is 0 Å². The van der Waals surface area contributed by atoms with E-state index in [-0.39, 0.29) is 6.23 Å². The summed E-state index contributed by atoms with van der Waals surface area (Å²) < 4.78 is 9.73. The Labute approximate surface area is 53.7 Å². The molecule has 1 atom stereocenters. The molecule has 0 fully saturated rings. The highest BCUT2D eigenvalue weighted by Gasteiger charge is 2.02. The Balaban J connectivity index is 2.59. The maximum Gasteiger partial charge on any atom is 0.170 e. The molecule has 9 heavy (non-hydrogen) atoms. The Bertz CT molecular complexity index is 151. The van der Waals surface area contributed by atoms with Crippen LogP contribution in [0, 0.1) is 0 Å². The van der Waals surface area contributed by atoms with Gasteiger partial charge in [-0.25, -0.2) is 0 Å². The Morgan fingerprint density at radius 1 is 1.78 bits per heavy atom. The van der Waals surface area contributed by atoms with Crippen molar-refractivity contribution in [2.24, 2.45) is 5.73 Å². The minimum atomic E-state index is -0.357. The van der Waals surface area contributed by atoms with Gasteiger partial charge in [-0.05, 0) is 0 Å². The zero-order chi connectivity index (χ0) is 6.69. The van der Waals surface area contributed by atoms with Gasteiger partial charge in [-0.1, -0.05) is 0 Å². The molecule has 0 aliphatic carbocycles. The third kappa shape index (κ3) is 1.47. The topological polar surface area (TPSA) is 44.5 Å². The predicted octanol–water partition coefficient (Wildman–Crippen LogP) is 0.345. The minimum absolute atomic E-state index is 0.357. The molecule has 3 nitrogen and oxygen atoms in total. The first-order valence-electron chi connectivity index (χ1n) is 2.66. The molecule has 2 N–H and O–H groups in total. The van der Waals surface area contributed by atoms with Crippen molar-refractivity contribution in [3.05, 3.63) is 24.2 Å². The molecule has 3 heteroatoms. The van der Waals surface area contributed by atoms with E-state index >= 15 is 0 Å². The van der Waals surface area contributed by atoms with Crippen LogP contribution in [0.3, 0.4) is 0 Å². The predicted molar refractivity (Wildman–Crippen MR) is 33.3 cm³/mol. The molecule has 0 spiro atoms. The normalized spacial score (nSPS) is 24.7. The summed E-state index contributed by atoms with van der Waals surface area (Å²) in [6, 6.07) is 0. The van der Waals surface area contributed by atoms with Crippen molar-refractivity contribution < 1.29 is 9.47 Å². The molecular weight excluding hydrogens is 118 g/mol. The molecular formula is C6H9NO2. The quantitative estimate of drug-likeness (QED) is 0.552. The molecule has 0 saturated carbocycles. The summed E-state index contributed by atoms with van der Waals surface area (Å²) in [6.07, 6.45) is 4.57. The van der Waals surface area contributed by atoms with E-state index in [4.69, 9.17) is 15.2 Å². The van der Waals surface area contributed by atoms with Crippen molar-refractivity contribution >= 4 is 0 Å². The fourth-order valence-electron chi connectivity index (χ4n) is 0.590. The number of allylic oxidation sites excluding steroid dienone is 1. The fraction of sp³-hybridized carbons (Fsp3) is 0.333. The Morgan fingerprint density at radius 3 is 3.00 bits per heavy atom. The summed E-state index contributed by atoms with van der Waals surface area (Å²) in [6.45, 7) is 0. The van der Waals surface area contributed by atoms with Crippen molar-refractivity contribution in [2.75, 3.05) is 7.11 Å². The number of methoxy groups -OCH3 is 1. The van der Waals surface area contributed by atoms with E-state index in [1.165, 1.54) is 6.26 Å². The van der Waals surface area contributed by atoms with Gasteiger partial charge in [-0.2, -0.15) is 0 Å². The van der Waals surface area contributed by atoms with Crippen LogP contribution in [0.1, 0.15) is 0 Å². The van der Waals surface area contributed by atoms with Crippen molar-refractivity contribution in [1.82, 2.24) is 0 Å². The maximum atomic E-state index is 5.37. The second-order valence-electron chi connectivity index (χ2n) is 1.68. The molecule has 1 heterocycles. The second-order valence-corrected chi connectivity index (χ2v) is 1.68. The van der Waals surface area contributed by atoms with Gasteiger partial charge in [0.2, 0.25) is 0 Å². The average molecular weight is 127 g/mol. The van der Waals surface area contributed by atoms with Crippen LogP contribution in [-0.4, -0.2) is 13.3 Å². The van der Waals surface area contributed by atoms with Gasteiger partial charge < -0.3 is 9.47 Å². The molecule has 0 saturated heterocycles. The molecule has 0 aromatic rings. The summed E-state index contributed by atoms with van der Waals surface area (Å²) in [5, 5.41) is 0. The molecule has 1 aliphatic rings. The number of nitrogens with two attached hydrogens (primary N) is 1. The molecule has 1 unspecified atom stereocenters. The van der Waals surface area contributed by atoms with Crippen molar-refractivity contribution in [1.29, 1.82) is 0 Å². The Hall–Kier alpha value is -0.960. The highest BCUT2D eigenvalue weighted by Crippen LogP contribution is 2.05. The maximum absolute atomic E-state index is 5.37. The smallest absolute Gasteiger partial charge is 0.170 e. The zero-order valence-electron chi connectivity index (χ0n) is 5.20. The molecule has 1 rings (SSSR count). The van der Waals surface area contributed by atoms with Crippen molar-refractivity contribution in [3.63, 3.8) is 0 Å². The van der Waals surface area contributed by atoms with Gasteiger partial charge in [-0.3, -0.25) is 5.73 Å². The SMILES string of the molecule is COC1=CC(N)OC=C1. The molecule has 50 valence electrons. The van der Waals surface area contributed by atoms with E-state index in [2.05, 4.69) is 0 Å². The molecule has 1 aliphatic heterocycles. The molecule has 0 amide bonds. The lowest BCUT2D eigenvalue weighted by molar-refractivity contribution is 0.174. The van der Waals surface area contributed by atoms with Gasteiger partial charge in [-0.15, -0.1) is 0 Å². The van der Waals surface area contributed by atoms with E-state index in [9.17, 15) is 0 Å². The monoisotopic (exact) mass is 127 g/mol. The number of hydrogen-bond donors (Lipinski definition) is 1. The standard InChI is InChI=1S/C6H9NO2/c1-8-5-2-3-9-6(7)4-5/h2-4,6H,7H2,1H3. The van der Waals surface area contributed by atoms with Gasteiger partial charge >= 0.3 is 0 Å². The third-order valence-electron chi connectivity index (χ3n) is 1.03.